The van der Waals surface area contributed by atoms with Crippen LogP contribution >= 0.6 is 22.9 Å². The molecule has 1 aromatic rings. The molecule has 0 bridgehead atoms. The number of alkyl halides is 1. The molecule has 5 heteroatoms. The Morgan fingerprint density at radius 2 is 2.19 bits per heavy atom. The van der Waals surface area contributed by atoms with Crippen molar-refractivity contribution in [2.75, 3.05) is 5.32 Å². The number of nitrogens with zero attached hydrogens (tertiary/aromatic N) is 1. The quantitative estimate of drug-likeness (QED) is 0.823. The van der Waals surface area contributed by atoms with Gasteiger partial charge in [-0.15, -0.1) is 22.9 Å². The van der Waals surface area contributed by atoms with Crippen molar-refractivity contribution in [3.63, 3.8) is 0 Å². The molecule has 0 saturated carbocycles. The van der Waals surface area contributed by atoms with Crippen molar-refractivity contribution in [1.29, 1.82) is 5.26 Å². The van der Waals surface area contributed by atoms with Gasteiger partial charge in [-0.2, -0.15) is 5.26 Å². The molecular weight excluding hydrogens is 304 g/mol. The predicted octanol–water partition coefficient (Wildman–Crippen LogP) is 4.34. The Kier molecular flexibility index (Phi) is 4.65. The van der Waals surface area contributed by atoms with Crippen molar-refractivity contribution in [3.8, 4) is 6.07 Å². The third-order valence-corrected chi connectivity index (χ3v) is 5.57. The van der Waals surface area contributed by atoms with Crippen molar-refractivity contribution >= 4 is 33.8 Å². The average Bonchev–Trinajstić information content (AvgIpc) is 2.73. The zero-order valence-electron chi connectivity index (χ0n) is 12.9. The van der Waals surface area contributed by atoms with Crippen LogP contribution in [0.3, 0.4) is 0 Å². The van der Waals surface area contributed by atoms with Gasteiger partial charge in [0, 0.05) is 4.88 Å². The number of nitrogens with one attached hydrogen (secondary N) is 1. The van der Waals surface area contributed by atoms with Gasteiger partial charge in [-0.25, -0.2) is 0 Å². The molecule has 21 heavy (non-hydrogen) atoms. The van der Waals surface area contributed by atoms with Gasteiger partial charge in [0.15, 0.2) is 0 Å². The Morgan fingerprint density at radius 3 is 2.71 bits per heavy atom. The SMILES string of the molecule is C[C@H](Cl)C(=O)Nc1sc2c(c1C#N)CC[C@@H](C(C)(C)C)C2. The fraction of sp³-hybridized carbons (Fsp3) is 0.625. The van der Waals surface area contributed by atoms with Crippen molar-refractivity contribution in [2.24, 2.45) is 11.3 Å². The number of rotatable bonds is 2. The van der Waals surface area contributed by atoms with Gasteiger partial charge in [0.05, 0.1) is 5.56 Å². The second kappa shape index (κ2) is 5.98. The molecule has 1 amide bonds. The molecule has 0 aliphatic heterocycles. The summed E-state index contributed by atoms with van der Waals surface area (Å²) in [6, 6.07) is 2.25. The van der Waals surface area contributed by atoms with E-state index in [2.05, 4.69) is 32.2 Å². The van der Waals surface area contributed by atoms with Gasteiger partial charge >= 0.3 is 0 Å². The molecule has 1 N–H and O–H groups in total. The van der Waals surface area contributed by atoms with Crippen molar-refractivity contribution in [3.05, 3.63) is 16.0 Å². The highest BCUT2D eigenvalue weighted by Crippen LogP contribution is 2.43. The summed E-state index contributed by atoms with van der Waals surface area (Å²) in [6.07, 6.45) is 3.01. The lowest BCUT2D eigenvalue weighted by Gasteiger charge is -2.33. The van der Waals surface area contributed by atoms with Crippen molar-refractivity contribution in [1.82, 2.24) is 0 Å². The van der Waals surface area contributed by atoms with Gasteiger partial charge in [-0.1, -0.05) is 20.8 Å². The smallest absolute Gasteiger partial charge is 0.242 e. The number of amides is 1. The van der Waals surface area contributed by atoms with Gasteiger partial charge < -0.3 is 5.32 Å². The van der Waals surface area contributed by atoms with E-state index in [-0.39, 0.29) is 11.3 Å². The summed E-state index contributed by atoms with van der Waals surface area (Å²) in [5.74, 6) is 0.366. The topological polar surface area (TPSA) is 52.9 Å². The highest BCUT2D eigenvalue weighted by molar-refractivity contribution is 7.16. The molecule has 1 aromatic heterocycles. The number of nitriles is 1. The third-order valence-electron chi connectivity index (χ3n) is 4.20. The molecule has 0 aromatic carbocycles. The molecule has 1 aliphatic rings. The van der Waals surface area contributed by atoms with Crippen LogP contribution in [0.15, 0.2) is 0 Å². The van der Waals surface area contributed by atoms with Crippen LogP contribution < -0.4 is 5.32 Å². The minimum atomic E-state index is -0.599. The Balaban J connectivity index is 2.30. The maximum absolute atomic E-state index is 11.8. The molecule has 2 rings (SSSR count). The third kappa shape index (κ3) is 3.41. The van der Waals surface area contributed by atoms with Gasteiger partial charge in [0.25, 0.3) is 0 Å². The Bertz CT molecular complexity index is 593. The molecule has 0 saturated heterocycles. The van der Waals surface area contributed by atoms with Crippen molar-refractivity contribution < 1.29 is 4.79 Å². The van der Waals surface area contributed by atoms with Crippen LogP contribution in [0.25, 0.3) is 0 Å². The number of fused-ring (bicyclic) bond motifs is 1. The first-order chi connectivity index (χ1) is 9.74. The summed E-state index contributed by atoms with van der Waals surface area (Å²) in [7, 11) is 0. The van der Waals surface area contributed by atoms with Gasteiger partial charge in [0.2, 0.25) is 5.91 Å². The maximum Gasteiger partial charge on any atom is 0.242 e. The number of halogens is 1. The Morgan fingerprint density at radius 1 is 1.52 bits per heavy atom. The summed E-state index contributed by atoms with van der Waals surface area (Å²) >= 11 is 7.33. The largest absolute Gasteiger partial charge is 0.315 e. The van der Waals surface area contributed by atoms with E-state index < -0.39 is 5.38 Å². The van der Waals surface area contributed by atoms with Crippen LogP contribution in [0.4, 0.5) is 5.00 Å². The standard InChI is InChI=1S/C16H21ClN2OS/c1-9(17)14(20)19-15-12(8-18)11-6-5-10(16(2,3)4)7-13(11)21-15/h9-10H,5-7H2,1-4H3,(H,19,20)/t9-,10+/m0/s1. The monoisotopic (exact) mass is 324 g/mol. The van der Waals surface area contributed by atoms with E-state index in [4.69, 9.17) is 11.6 Å². The van der Waals surface area contributed by atoms with Gasteiger partial charge in [-0.05, 0) is 43.1 Å². The van der Waals surface area contributed by atoms with E-state index in [1.54, 1.807) is 6.92 Å². The molecule has 0 fully saturated rings. The lowest BCUT2D eigenvalue weighted by atomic mass is 9.72. The van der Waals surface area contributed by atoms with Crippen LogP contribution in [0.2, 0.25) is 0 Å². The molecular formula is C16H21ClN2OS. The van der Waals surface area contributed by atoms with Gasteiger partial charge in [0.1, 0.15) is 16.4 Å². The molecule has 0 spiro atoms. The summed E-state index contributed by atoms with van der Waals surface area (Å²) in [5.41, 5.74) is 2.02. The lowest BCUT2D eigenvalue weighted by Crippen LogP contribution is -2.26. The van der Waals surface area contributed by atoms with E-state index in [0.717, 1.165) is 24.8 Å². The van der Waals surface area contributed by atoms with E-state index in [1.807, 2.05) is 0 Å². The fourth-order valence-corrected chi connectivity index (χ4v) is 4.08. The number of thiophene rings is 1. The van der Waals surface area contributed by atoms with E-state index in [1.165, 1.54) is 16.2 Å². The highest BCUT2D eigenvalue weighted by atomic mass is 35.5. The molecule has 0 unspecified atom stereocenters. The normalized spacial score (nSPS) is 19.5. The number of hydrogen-bond acceptors (Lipinski definition) is 3. The lowest BCUT2D eigenvalue weighted by molar-refractivity contribution is -0.115. The molecule has 1 heterocycles. The Labute approximate surface area is 135 Å². The summed E-state index contributed by atoms with van der Waals surface area (Å²) in [4.78, 5) is 13.0. The zero-order valence-corrected chi connectivity index (χ0v) is 14.5. The van der Waals surface area contributed by atoms with E-state index >= 15 is 0 Å². The number of hydrogen-bond donors (Lipinski definition) is 1. The first-order valence-corrected chi connectivity index (χ1v) is 8.49. The van der Waals surface area contributed by atoms with Crippen LogP contribution in [-0.2, 0) is 17.6 Å². The number of anilines is 1. The molecule has 114 valence electrons. The van der Waals surface area contributed by atoms with Crippen LogP contribution in [0.1, 0.15) is 50.1 Å². The first-order valence-electron chi connectivity index (χ1n) is 7.23. The maximum atomic E-state index is 11.8. The Hall–Kier alpha value is -1.05. The summed E-state index contributed by atoms with van der Waals surface area (Å²) in [6.45, 7) is 8.42. The summed E-state index contributed by atoms with van der Waals surface area (Å²) < 4.78 is 0. The second-order valence-corrected chi connectivity index (χ2v) is 8.49. The van der Waals surface area contributed by atoms with E-state index in [0.29, 0.717) is 16.5 Å². The highest BCUT2D eigenvalue weighted by Gasteiger charge is 2.32. The van der Waals surface area contributed by atoms with E-state index in [9.17, 15) is 10.1 Å². The zero-order chi connectivity index (χ0) is 15.8. The van der Waals surface area contributed by atoms with Crippen molar-refractivity contribution in [2.45, 2.75) is 52.3 Å². The predicted molar refractivity (Wildman–Crippen MR) is 87.9 cm³/mol. The first kappa shape index (κ1) is 16.3. The number of carbonyl (C=O) groups is 1. The molecule has 0 radical (unpaired) electrons. The van der Waals surface area contributed by atoms with Crippen LogP contribution in [0.5, 0.6) is 0 Å². The molecule has 3 nitrogen and oxygen atoms in total. The minimum Gasteiger partial charge on any atom is -0.315 e. The average molecular weight is 325 g/mol. The summed E-state index contributed by atoms with van der Waals surface area (Å²) in [5, 5.41) is 12.3. The number of carbonyl (C=O) groups excluding carboxylic acids is 1. The van der Waals surface area contributed by atoms with Crippen LogP contribution in [-0.4, -0.2) is 11.3 Å². The van der Waals surface area contributed by atoms with Crippen LogP contribution in [0, 0.1) is 22.7 Å². The minimum absolute atomic E-state index is 0.251. The molecule has 2 atom stereocenters. The molecule has 1 aliphatic carbocycles. The van der Waals surface area contributed by atoms with Gasteiger partial charge in [-0.3, -0.25) is 4.79 Å². The fourth-order valence-electron chi connectivity index (χ4n) is 2.74. The second-order valence-electron chi connectivity index (χ2n) is 6.73.